The molecule has 0 fully saturated rings. The number of nitrogen functional groups attached to an aromatic ring is 1. The predicted octanol–water partition coefficient (Wildman–Crippen LogP) is 2.40. The summed E-state index contributed by atoms with van der Waals surface area (Å²) in [5.41, 5.74) is 6.38. The zero-order chi connectivity index (χ0) is 16.0. The first-order chi connectivity index (χ1) is 9.71. The number of carbonyl (C=O) groups is 2. The first kappa shape index (κ1) is 16.8. The maximum absolute atomic E-state index is 11.9. The van der Waals surface area contributed by atoms with Gasteiger partial charge in [0.2, 0.25) is 0 Å². The van der Waals surface area contributed by atoms with Crippen LogP contribution in [0.4, 0.5) is 10.5 Å². The minimum Gasteiger partial charge on any atom is -0.469 e. The molecule has 6 heteroatoms. The lowest BCUT2D eigenvalue weighted by Crippen LogP contribution is -2.36. The SMILES string of the molecule is COC(=O)CC(NC(=O)OC(C)(C)C)c1ccc(N)cc1. The number of ether oxygens (including phenoxy) is 2. The number of amides is 1. The number of anilines is 1. The molecule has 0 saturated heterocycles. The summed E-state index contributed by atoms with van der Waals surface area (Å²) in [7, 11) is 1.30. The predicted molar refractivity (Wildman–Crippen MR) is 79.6 cm³/mol. The summed E-state index contributed by atoms with van der Waals surface area (Å²) < 4.78 is 9.85. The zero-order valence-electron chi connectivity index (χ0n) is 12.8. The molecule has 0 saturated carbocycles. The van der Waals surface area contributed by atoms with Crippen molar-refractivity contribution in [2.75, 3.05) is 12.8 Å². The molecular weight excluding hydrogens is 272 g/mol. The zero-order valence-corrected chi connectivity index (χ0v) is 12.8. The Morgan fingerprint density at radius 3 is 2.29 bits per heavy atom. The highest BCUT2D eigenvalue weighted by Gasteiger charge is 2.22. The first-order valence-electron chi connectivity index (χ1n) is 6.63. The Kier molecular flexibility index (Phi) is 5.58. The van der Waals surface area contributed by atoms with Crippen LogP contribution in [0.25, 0.3) is 0 Å². The van der Waals surface area contributed by atoms with Crippen molar-refractivity contribution in [1.82, 2.24) is 5.32 Å². The van der Waals surface area contributed by atoms with E-state index in [1.165, 1.54) is 7.11 Å². The molecule has 0 spiro atoms. The molecule has 1 unspecified atom stereocenters. The third kappa shape index (κ3) is 6.16. The lowest BCUT2D eigenvalue weighted by molar-refractivity contribution is -0.141. The van der Waals surface area contributed by atoms with E-state index in [0.717, 1.165) is 5.56 Å². The molecule has 6 nitrogen and oxygen atoms in total. The van der Waals surface area contributed by atoms with Crippen molar-refractivity contribution in [3.63, 3.8) is 0 Å². The molecule has 0 radical (unpaired) electrons. The van der Waals surface area contributed by atoms with E-state index in [0.29, 0.717) is 5.69 Å². The maximum Gasteiger partial charge on any atom is 0.408 e. The van der Waals surface area contributed by atoms with Crippen molar-refractivity contribution < 1.29 is 19.1 Å². The Labute approximate surface area is 124 Å². The molecule has 1 atom stereocenters. The van der Waals surface area contributed by atoms with Gasteiger partial charge in [0.25, 0.3) is 0 Å². The molecule has 1 rings (SSSR count). The molecule has 0 aliphatic carbocycles. The van der Waals surface area contributed by atoms with Gasteiger partial charge in [-0.2, -0.15) is 0 Å². The second-order valence-electron chi connectivity index (χ2n) is 5.65. The van der Waals surface area contributed by atoms with Crippen LogP contribution in [0.5, 0.6) is 0 Å². The molecule has 1 aromatic carbocycles. The van der Waals surface area contributed by atoms with Crippen LogP contribution in [-0.2, 0) is 14.3 Å². The van der Waals surface area contributed by atoms with Crippen LogP contribution in [-0.4, -0.2) is 24.8 Å². The van der Waals surface area contributed by atoms with Crippen LogP contribution in [0.3, 0.4) is 0 Å². The fourth-order valence-corrected chi connectivity index (χ4v) is 1.68. The normalized spacial score (nSPS) is 12.4. The van der Waals surface area contributed by atoms with Crippen molar-refractivity contribution >= 4 is 17.7 Å². The standard InChI is InChI=1S/C15H22N2O4/c1-15(2,3)21-14(19)17-12(9-13(18)20-4)10-5-7-11(16)8-6-10/h5-8,12H,9,16H2,1-4H3,(H,17,19). The number of benzene rings is 1. The average Bonchev–Trinajstić information content (AvgIpc) is 2.36. The largest absolute Gasteiger partial charge is 0.469 e. The number of nitrogens with one attached hydrogen (secondary N) is 1. The van der Waals surface area contributed by atoms with E-state index in [2.05, 4.69) is 10.1 Å². The smallest absolute Gasteiger partial charge is 0.408 e. The number of hydrogen-bond acceptors (Lipinski definition) is 5. The summed E-state index contributed by atoms with van der Waals surface area (Å²) in [6, 6.07) is 6.38. The van der Waals surface area contributed by atoms with Gasteiger partial charge in [-0.3, -0.25) is 4.79 Å². The third-order valence-electron chi connectivity index (χ3n) is 2.63. The second kappa shape index (κ2) is 6.97. The van der Waals surface area contributed by atoms with Crippen molar-refractivity contribution in [3.05, 3.63) is 29.8 Å². The van der Waals surface area contributed by atoms with Crippen molar-refractivity contribution in [2.24, 2.45) is 0 Å². The summed E-state index contributed by atoms with van der Waals surface area (Å²) in [6.07, 6.45) is -0.576. The molecule has 0 aliphatic rings. The average molecular weight is 294 g/mol. The molecule has 1 aromatic rings. The van der Waals surface area contributed by atoms with Gasteiger partial charge >= 0.3 is 12.1 Å². The van der Waals surface area contributed by atoms with Gasteiger partial charge in [-0.1, -0.05) is 12.1 Å². The van der Waals surface area contributed by atoms with E-state index in [1.54, 1.807) is 45.0 Å². The van der Waals surface area contributed by atoms with Gasteiger partial charge in [-0.15, -0.1) is 0 Å². The third-order valence-corrected chi connectivity index (χ3v) is 2.63. The van der Waals surface area contributed by atoms with E-state index < -0.39 is 23.7 Å². The molecule has 116 valence electrons. The lowest BCUT2D eigenvalue weighted by Gasteiger charge is -2.23. The van der Waals surface area contributed by atoms with Gasteiger partial charge in [0.1, 0.15) is 5.60 Å². The second-order valence-corrected chi connectivity index (χ2v) is 5.65. The number of alkyl carbamates (subject to hydrolysis) is 1. The van der Waals surface area contributed by atoms with Gasteiger partial charge in [0.05, 0.1) is 19.6 Å². The van der Waals surface area contributed by atoms with E-state index in [1.807, 2.05) is 0 Å². The lowest BCUT2D eigenvalue weighted by atomic mass is 10.0. The van der Waals surface area contributed by atoms with E-state index in [9.17, 15) is 9.59 Å². The van der Waals surface area contributed by atoms with Crippen molar-refractivity contribution in [2.45, 2.75) is 38.8 Å². The molecule has 3 N–H and O–H groups in total. The Morgan fingerprint density at radius 1 is 1.24 bits per heavy atom. The number of nitrogens with two attached hydrogens (primary N) is 1. The molecule has 0 aliphatic heterocycles. The van der Waals surface area contributed by atoms with Crippen LogP contribution >= 0.6 is 0 Å². The topological polar surface area (TPSA) is 90.6 Å². The summed E-state index contributed by atoms with van der Waals surface area (Å²) in [5, 5.41) is 2.67. The highest BCUT2D eigenvalue weighted by atomic mass is 16.6. The quantitative estimate of drug-likeness (QED) is 0.657. The highest BCUT2D eigenvalue weighted by molar-refractivity contribution is 5.73. The summed E-state index contributed by atoms with van der Waals surface area (Å²) in [5.74, 6) is -0.423. The van der Waals surface area contributed by atoms with Gasteiger partial charge in [-0.05, 0) is 38.5 Å². The van der Waals surface area contributed by atoms with Gasteiger partial charge in [0, 0.05) is 5.69 Å². The van der Waals surface area contributed by atoms with Crippen LogP contribution in [0.1, 0.15) is 38.8 Å². The number of rotatable bonds is 4. The summed E-state index contributed by atoms with van der Waals surface area (Å²) in [6.45, 7) is 5.31. The van der Waals surface area contributed by atoms with E-state index in [-0.39, 0.29) is 6.42 Å². The molecule has 0 heterocycles. The maximum atomic E-state index is 11.9. The molecule has 21 heavy (non-hydrogen) atoms. The minimum absolute atomic E-state index is 0.0136. The van der Waals surface area contributed by atoms with E-state index in [4.69, 9.17) is 10.5 Å². The Bertz CT molecular complexity index is 491. The number of hydrogen-bond donors (Lipinski definition) is 2. The number of methoxy groups -OCH3 is 1. The Hall–Kier alpha value is -2.24. The molecule has 0 bridgehead atoms. The van der Waals surface area contributed by atoms with Crippen LogP contribution in [0, 0.1) is 0 Å². The fraction of sp³-hybridized carbons (Fsp3) is 0.467. The van der Waals surface area contributed by atoms with Crippen molar-refractivity contribution in [1.29, 1.82) is 0 Å². The Morgan fingerprint density at radius 2 is 1.81 bits per heavy atom. The van der Waals surface area contributed by atoms with Gasteiger partial charge in [0.15, 0.2) is 0 Å². The molecular formula is C15H22N2O4. The fourth-order valence-electron chi connectivity index (χ4n) is 1.68. The monoisotopic (exact) mass is 294 g/mol. The van der Waals surface area contributed by atoms with Crippen LogP contribution < -0.4 is 11.1 Å². The number of esters is 1. The summed E-state index contributed by atoms with van der Waals surface area (Å²) >= 11 is 0. The van der Waals surface area contributed by atoms with Gasteiger partial charge in [-0.25, -0.2) is 4.79 Å². The number of carbonyl (C=O) groups excluding carboxylic acids is 2. The Balaban J connectivity index is 2.84. The highest BCUT2D eigenvalue weighted by Crippen LogP contribution is 2.20. The molecule has 0 aromatic heterocycles. The van der Waals surface area contributed by atoms with Gasteiger partial charge < -0.3 is 20.5 Å². The minimum atomic E-state index is -0.610. The summed E-state index contributed by atoms with van der Waals surface area (Å²) in [4.78, 5) is 23.4. The van der Waals surface area contributed by atoms with Crippen LogP contribution in [0.2, 0.25) is 0 Å². The molecule has 1 amide bonds. The van der Waals surface area contributed by atoms with Crippen LogP contribution in [0.15, 0.2) is 24.3 Å². The first-order valence-corrected chi connectivity index (χ1v) is 6.63. The van der Waals surface area contributed by atoms with E-state index >= 15 is 0 Å². The van der Waals surface area contributed by atoms with Crippen molar-refractivity contribution in [3.8, 4) is 0 Å².